The van der Waals surface area contributed by atoms with Crippen LogP contribution in [0.5, 0.6) is 0 Å². The number of amides is 1. The molecule has 1 amide bonds. The first-order valence-corrected chi connectivity index (χ1v) is 6.84. The normalized spacial score (nSPS) is 10.8. The molecule has 0 fully saturated rings. The molecule has 0 saturated heterocycles. The minimum absolute atomic E-state index is 0.266. The maximum Gasteiger partial charge on any atom is 0.252 e. The second-order valence-electron chi connectivity index (χ2n) is 3.98. The van der Waals surface area contributed by atoms with Crippen molar-refractivity contribution in [2.75, 3.05) is 0 Å². The van der Waals surface area contributed by atoms with Gasteiger partial charge in [-0.1, -0.05) is 25.4 Å². The fraction of sp³-hybridized carbons (Fsp3) is 0.385. The van der Waals surface area contributed by atoms with Crippen molar-refractivity contribution in [3.63, 3.8) is 0 Å². The number of nitrogens with zero attached hydrogens (tertiary/aromatic N) is 1. The van der Waals surface area contributed by atoms with Crippen molar-refractivity contribution in [3.05, 3.63) is 33.3 Å². The molecule has 1 N–H and O–H groups in total. The molecular formula is C13H14BrClN2O. The predicted molar refractivity (Wildman–Crippen MR) is 75.5 cm³/mol. The Kier molecular flexibility index (Phi) is 5.18. The molecule has 3 nitrogen and oxygen atoms in total. The Morgan fingerprint density at radius 2 is 2.11 bits per heavy atom. The predicted octanol–water partition coefficient (Wildman–Crippen LogP) is 3.91. The lowest BCUT2D eigenvalue weighted by Gasteiger charge is -2.24. The molecule has 0 saturated carbocycles. The number of nitriles is 1. The molecule has 0 unspecified atom stereocenters. The minimum atomic E-state index is -0.802. The number of hydrogen-bond donors (Lipinski definition) is 1. The van der Waals surface area contributed by atoms with Gasteiger partial charge in [-0.2, -0.15) is 5.26 Å². The highest BCUT2D eigenvalue weighted by Gasteiger charge is 2.28. The van der Waals surface area contributed by atoms with Gasteiger partial charge in [0.2, 0.25) is 0 Å². The summed E-state index contributed by atoms with van der Waals surface area (Å²) in [7, 11) is 0. The molecule has 0 bridgehead atoms. The Morgan fingerprint density at radius 3 is 2.56 bits per heavy atom. The molecule has 0 spiro atoms. The average Bonchev–Trinajstić information content (AvgIpc) is 2.39. The number of hydrogen-bond acceptors (Lipinski definition) is 2. The lowest BCUT2D eigenvalue weighted by molar-refractivity contribution is 0.0915. The SMILES string of the molecule is CCC(C#N)(CC)NC(=O)c1ccc(Cl)c(Br)c1. The van der Waals surface area contributed by atoms with Gasteiger partial charge in [-0.3, -0.25) is 4.79 Å². The lowest BCUT2D eigenvalue weighted by Crippen LogP contribution is -2.46. The summed E-state index contributed by atoms with van der Waals surface area (Å²) in [6.45, 7) is 3.76. The van der Waals surface area contributed by atoms with Gasteiger partial charge in [0.05, 0.1) is 11.1 Å². The second-order valence-corrected chi connectivity index (χ2v) is 5.25. The molecule has 0 aliphatic carbocycles. The first kappa shape index (κ1) is 15.0. The third kappa shape index (κ3) is 3.24. The third-order valence-corrected chi connectivity index (χ3v) is 4.17. The van der Waals surface area contributed by atoms with Crippen molar-refractivity contribution in [1.82, 2.24) is 5.32 Å². The number of rotatable bonds is 4. The van der Waals surface area contributed by atoms with Crippen LogP contribution in [0.15, 0.2) is 22.7 Å². The zero-order valence-electron chi connectivity index (χ0n) is 10.3. The highest BCUT2D eigenvalue weighted by atomic mass is 79.9. The molecule has 0 atom stereocenters. The van der Waals surface area contributed by atoms with Crippen LogP contribution < -0.4 is 5.32 Å². The van der Waals surface area contributed by atoms with Gasteiger partial charge in [-0.15, -0.1) is 0 Å². The van der Waals surface area contributed by atoms with E-state index in [1.54, 1.807) is 18.2 Å². The fourth-order valence-electron chi connectivity index (χ4n) is 1.54. The van der Waals surface area contributed by atoms with Gasteiger partial charge in [-0.25, -0.2) is 0 Å². The van der Waals surface area contributed by atoms with E-state index in [0.29, 0.717) is 27.9 Å². The third-order valence-electron chi connectivity index (χ3n) is 2.96. The van der Waals surface area contributed by atoms with Gasteiger partial charge in [0.25, 0.3) is 5.91 Å². The number of carbonyl (C=O) groups excluding carboxylic acids is 1. The van der Waals surface area contributed by atoms with Gasteiger partial charge in [0.1, 0.15) is 5.54 Å². The summed E-state index contributed by atoms with van der Waals surface area (Å²) in [6, 6.07) is 7.10. The Balaban J connectivity index is 2.95. The number of carbonyl (C=O) groups is 1. The zero-order valence-corrected chi connectivity index (χ0v) is 12.6. The Hall–Kier alpha value is -1.05. The van der Waals surface area contributed by atoms with Crippen LogP contribution in [-0.4, -0.2) is 11.4 Å². The number of halogens is 2. The Morgan fingerprint density at radius 1 is 1.50 bits per heavy atom. The molecule has 0 aliphatic rings. The standard InChI is InChI=1S/C13H14BrClN2O/c1-3-13(4-2,8-16)17-12(18)9-5-6-11(15)10(14)7-9/h5-7H,3-4H2,1-2H3,(H,17,18). The monoisotopic (exact) mass is 328 g/mol. The molecule has 1 rings (SSSR count). The summed E-state index contributed by atoms with van der Waals surface area (Å²) < 4.78 is 0.660. The van der Waals surface area contributed by atoms with Crippen molar-refractivity contribution in [2.45, 2.75) is 32.2 Å². The molecule has 5 heteroatoms. The van der Waals surface area contributed by atoms with Crippen molar-refractivity contribution >= 4 is 33.4 Å². The largest absolute Gasteiger partial charge is 0.334 e. The van der Waals surface area contributed by atoms with Gasteiger partial charge in [-0.05, 0) is 47.0 Å². The molecule has 0 radical (unpaired) electrons. The van der Waals surface area contributed by atoms with E-state index in [0.717, 1.165) is 0 Å². The van der Waals surface area contributed by atoms with E-state index in [1.165, 1.54) is 0 Å². The van der Waals surface area contributed by atoms with Crippen LogP contribution in [0.3, 0.4) is 0 Å². The second kappa shape index (κ2) is 6.21. The fourth-order valence-corrected chi connectivity index (χ4v) is 2.04. The van der Waals surface area contributed by atoms with Crippen molar-refractivity contribution in [2.24, 2.45) is 0 Å². The quantitative estimate of drug-likeness (QED) is 0.910. The Bertz CT molecular complexity index is 492. The van der Waals surface area contributed by atoms with Crippen LogP contribution in [0.25, 0.3) is 0 Å². The van der Waals surface area contributed by atoms with Crippen LogP contribution in [0.1, 0.15) is 37.0 Å². The number of nitrogens with one attached hydrogen (secondary N) is 1. The van der Waals surface area contributed by atoms with E-state index in [9.17, 15) is 10.1 Å². The zero-order chi connectivity index (χ0) is 13.8. The molecule has 96 valence electrons. The summed E-state index contributed by atoms with van der Waals surface area (Å²) in [5.74, 6) is -0.266. The van der Waals surface area contributed by atoms with Gasteiger partial charge in [0, 0.05) is 10.0 Å². The highest BCUT2D eigenvalue weighted by Crippen LogP contribution is 2.24. The van der Waals surface area contributed by atoms with E-state index >= 15 is 0 Å². The maximum atomic E-state index is 12.1. The molecule has 18 heavy (non-hydrogen) atoms. The van der Waals surface area contributed by atoms with Gasteiger partial charge < -0.3 is 5.32 Å². The molecular weight excluding hydrogens is 316 g/mol. The number of benzene rings is 1. The van der Waals surface area contributed by atoms with E-state index in [1.807, 2.05) is 13.8 Å². The van der Waals surface area contributed by atoms with Crippen molar-refractivity contribution in [1.29, 1.82) is 5.26 Å². The topological polar surface area (TPSA) is 52.9 Å². The summed E-state index contributed by atoms with van der Waals surface area (Å²) in [5, 5.41) is 12.5. The molecule has 0 aliphatic heterocycles. The first-order valence-electron chi connectivity index (χ1n) is 5.67. The van der Waals surface area contributed by atoms with Crippen LogP contribution >= 0.6 is 27.5 Å². The molecule has 0 heterocycles. The first-order chi connectivity index (χ1) is 8.48. The van der Waals surface area contributed by atoms with E-state index in [2.05, 4.69) is 27.3 Å². The van der Waals surface area contributed by atoms with Crippen molar-refractivity contribution in [3.8, 4) is 6.07 Å². The highest BCUT2D eigenvalue weighted by molar-refractivity contribution is 9.10. The van der Waals surface area contributed by atoms with E-state index in [-0.39, 0.29) is 5.91 Å². The van der Waals surface area contributed by atoms with Crippen molar-refractivity contribution < 1.29 is 4.79 Å². The summed E-state index contributed by atoms with van der Waals surface area (Å²) >= 11 is 9.14. The molecule has 0 aromatic heterocycles. The van der Waals surface area contributed by atoms with E-state index in [4.69, 9.17) is 11.6 Å². The molecule has 1 aromatic rings. The van der Waals surface area contributed by atoms with Crippen LogP contribution in [0, 0.1) is 11.3 Å². The van der Waals surface area contributed by atoms with Crippen LogP contribution in [0.2, 0.25) is 5.02 Å². The van der Waals surface area contributed by atoms with Crippen LogP contribution in [0.4, 0.5) is 0 Å². The average molecular weight is 330 g/mol. The smallest absolute Gasteiger partial charge is 0.252 e. The Labute approximate surface area is 120 Å². The summed E-state index contributed by atoms with van der Waals surface area (Å²) in [4.78, 5) is 12.1. The lowest BCUT2D eigenvalue weighted by atomic mass is 9.94. The maximum absolute atomic E-state index is 12.1. The van der Waals surface area contributed by atoms with Crippen LogP contribution in [-0.2, 0) is 0 Å². The summed E-state index contributed by atoms with van der Waals surface area (Å²) in [5.41, 5.74) is -0.323. The summed E-state index contributed by atoms with van der Waals surface area (Å²) in [6.07, 6.45) is 1.14. The van der Waals surface area contributed by atoms with E-state index < -0.39 is 5.54 Å². The van der Waals surface area contributed by atoms with Gasteiger partial charge in [0.15, 0.2) is 0 Å². The molecule has 1 aromatic carbocycles. The minimum Gasteiger partial charge on any atom is -0.334 e. The van der Waals surface area contributed by atoms with Gasteiger partial charge >= 0.3 is 0 Å².